The number of carboxylic acid groups (broad SMARTS) is 1. The number of aliphatic carboxylic acids is 1. The molecule has 190 valence electrons. The summed E-state index contributed by atoms with van der Waals surface area (Å²) in [6.07, 6.45) is 1.07. The van der Waals surface area contributed by atoms with Crippen molar-refractivity contribution in [1.82, 2.24) is 16.0 Å². The molecule has 0 aliphatic carbocycles. The van der Waals surface area contributed by atoms with E-state index in [0.29, 0.717) is 24.9 Å². The first-order valence-corrected chi connectivity index (χ1v) is 10.7. The van der Waals surface area contributed by atoms with E-state index in [1.165, 1.54) is 24.3 Å². The number of hydrogen-bond donors (Lipinski definition) is 9. The topological polar surface area (TPSA) is 237 Å². The summed E-state index contributed by atoms with van der Waals surface area (Å²) in [4.78, 5) is 48.9. The Bertz CT molecular complexity index is 820. The molecule has 13 heteroatoms. The van der Waals surface area contributed by atoms with Crippen molar-refractivity contribution in [2.24, 2.45) is 11.5 Å². The third-order valence-electron chi connectivity index (χ3n) is 4.92. The van der Waals surface area contributed by atoms with Gasteiger partial charge in [-0.25, -0.2) is 4.79 Å². The van der Waals surface area contributed by atoms with Crippen molar-refractivity contribution in [3.05, 3.63) is 29.8 Å². The number of carbonyl (C=O) groups excluding carboxylic acids is 3. The molecule has 0 bridgehead atoms. The van der Waals surface area contributed by atoms with Gasteiger partial charge >= 0.3 is 5.97 Å². The molecule has 1 aromatic carbocycles. The van der Waals surface area contributed by atoms with Crippen molar-refractivity contribution in [2.75, 3.05) is 19.8 Å². The highest BCUT2D eigenvalue weighted by Crippen LogP contribution is 2.12. The summed E-state index contributed by atoms with van der Waals surface area (Å²) in [6.45, 7) is -1.13. The van der Waals surface area contributed by atoms with Crippen LogP contribution < -0.4 is 27.4 Å². The molecule has 1 rings (SSSR count). The second-order valence-corrected chi connectivity index (χ2v) is 7.65. The lowest BCUT2D eigenvalue weighted by molar-refractivity contribution is -0.142. The molecule has 1 aromatic rings. The maximum absolute atomic E-state index is 12.9. The molecule has 0 spiro atoms. The third-order valence-corrected chi connectivity index (χ3v) is 4.92. The summed E-state index contributed by atoms with van der Waals surface area (Å²) < 4.78 is 0. The Morgan fingerprint density at radius 2 is 1.38 bits per heavy atom. The van der Waals surface area contributed by atoms with Crippen molar-refractivity contribution in [3.63, 3.8) is 0 Å². The van der Waals surface area contributed by atoms with Crippen LogP contribution in [0.25, 0.3) is 0 Å². The number of nitrogens with one attached hydrogen (secondary N) is 3. The van der Waals surface area contributed by atoms with Gasteiger partial charge in [0.2, 0.25) is 17.7 Å². The van der Waals surface area contributed by atoms with Gasteiger partial charge in [0.05, 0.1) is 13.2 Å². The highest BCUT2D eigenvalue weighted by molar-refractivity contribution is 5.94. The Labute approximate surface area is 196 Å². The summed E-state index contributed by atoms with van der Waals surface area (Å²) in [5.74, 6) is -3.87. The van der Waals surface area contributed by atoms with E-state index in [1.54, 1.807) is 0 Å². The highest BCUT2D eigenvalue weighted by Gasteiger charge is 2.30. The van der Waals surface area contributed by atoms with Crippen LogP contribution in [0.2, 0.25) is 0 Å². The number of nitrogens with two attached hydrogens (primary N) is 2. The maximum atomic E-state index is 12.9. The second-order valence-electron chi connectivity index (χ2n) is 7.65. The largest absolute Gasteiger partial charge is 0.508 e. The van der Waals surface area contributed by atoms with E-state index in [0.717, 1.165) is 0 Å². The van der Waals surface area contributed by atoms with Gasteiger partial charge in [-0.05, 0) is 43.5 Å². The number of carboxylic acids is 1. The van der Waals surface area contributed by atoms with Crippen LogP contribution in [0.15, 0.2) is 24.3 Å². The number of carbonyl (C=O) groups is 4. The molecule has 0 heterocycles. The minimum Gasteiger partial charge on any atom is -0.508 e. The van der Waals surface area contributed by atoms with Crippen LogP contribution in [0.5, 0.6) is 5.75 Å². The second kappa shape index (κ2) is 14.8. The Morgan fingerprint density at radius 3 is 1.91 bits per heavy atom. The molecule has 4 atom stereocenters. The van der Waals surface area contributed by atoms with Crippen LogP contribution in [0.3, 0.4) is 0 Å². The predicted molar refractivity (Wildman–Crippen MR) is 120 cm³/mol. The van der Waals surface area contributed by atoms with Gasteiger partial charge in [-0.1, -0.05) is 12.1 Å². The number of rotatable bonds is 15. The smallest absolute Gasteiger partial charge is 0.326 e. The van der Waals surface area contributed by atoms with E-state index in [2.05, 4.69) is 16.0 Å². The number of amides is 3. The fraction of sp³-hybridized carbons (Fsp3) is 0.524. The Hall–Kier alpha value is -3.26. The normalized spacial score (nSPS) is 14.4. The van der Waals surface area contributed by atoms with Crippen LogP contribution in [0.4, 0.5) is 0 Å². The molecule has 0 saturated carbocycles. The maximum Gasteiger partial charge on any atom is 0.326 e. The Kier molecular flexibility index (Phi) is 12.5. The van der Waals surface area contributed by atoms with Gasteiger partial charge in [0.1, 0.15) is 29.9 Å². The lowest BCUT2D eigenvalue weighted by Crippen LogP contribution is -2.58. The molecule has 3 amide bonds. The van der Waals surface area contributed by atoms with Crippen LogP contribution >= 0.6 is 0 Å². The molecule has 0 saturated heterocycles. The van der Waals surface area contributed by atoms with Gasteiger partial charge in [-0.15, -0.1) is 0 Å². The zero-order chi connectivity index (χ0) is 25.7. The number of aromatic hydroxyl groups is 1. The molecule has 0 aliphatic heterocycles. The Balaban J connectivity index is 2.94. The molecular weight excluding hydrogens is 450 g/mol. The van der Waals surface area contributed by atoms with Gasteiger partial charge in [0, 0.05) is 6.42 Å². The quantitative estimate of drug-likeness (QED) is 0.114. The van der Waals surface area contributed by atoms with Gasteiger partial charge in [0.25, 0.3) is 0 Å². The summed E-state index contributed by atoms with van der Waals surface area (Å²) in [5.41, 5.74) is 11.4. The molecule has 34 heavy (non-hydrogen) atoms. The number of phenolic OH excluding ortho intramolecular Hbond substituents is 1. The number of phenols is 1. The van der Waals surface area contributed by atoms with Crippen molar-refractivity contribution in [1.29, 1.82) is 0 Å². The van der Waals surface area contributed by atoms with E-state index < -0.39 is 61.1 Å². The van der Waals surface area contributed by atoms with Crippen LogP contribution in [0.1, 0.15) is 24.8 Å². The van der Waals surface area contributed by atoms with Crippen molar-refractivity contribution >= 4 is 23.7 Å². The van der Waals surface area contributed by atoms with Gasteiger partial charge < -0.3 is 47.8 Å². The zero-order valence-electron chi connectivity index (χ0n) is 18.6. The summed E-state index contributed by atoms with van der Waals surface area (Å²) in [7, 11) is 0. The fourth-order valence-corrected chi connectivity index (χ4v) is 2.93. The number of benzene rings is 1. The summed E-state index contributed by atoms with van der Waals surface area (Å²) >= 11 is 0. The van der Waals surface area contributed by atoms with E-state index in [4.69, 9.17) is 16.6 Å². The van der Waals surface area contributed by atoms with Gasteiger partial charge in [0.15, 0.2) is 0 Å². The number of aliphatic hydroxyl groups is 2. The standard InChI is InChI=1S/C21H33N5O8/c22-8-2-1-3-15(21(33)34)24-20(32)17(11-28)26-19(31)16(25-18(30)14(23)10-27)9-12-4-6-13(29)7-5-12/h4-7,14-17,27-29H,1-3,8-11,22-23H2,(H,24,32)(H,25,30)(H,26,31)(H,33,34). The molecule has 0 fully saturated rings. The zero-order valence-corrected chi connectivity index (χ0v) is 18.6. The van der Waals surface area contributed by atoms with E-state index in [-0.39, 0.29) is 18.6 Å². The predicted octanol–water partition coefficient (Wildman–Crippen LogP) is -3.09. The fourth-order valence-electron chi connectivity index (χ4n) is 2.93. The SMILES string of the molecule is NCCCCC(NC(=O)C(CO)NC(=O)C(Cc1ccc(O)cc1)NC(=O)C(N)CO)C(=O)O. The first-order valence-electron chi connectivity index (χ1n) is 10.7. The van der Waals surface area contributed by atoms with E-state index >= 15 is 0 Å². The Morgan fingerprint density at radius 1 is 0.824 bits per heavy atom. The minimum absolute atomic E-state index is 0.00690. The molecule has 0 aromatic heterocycles. The highest BCUT2D eigenvalue weighted by atomic mass is 16.4. The average Bonchev–Trinajstić information content (AvgIpc) is 2.81. The molecular formula is C21H33N5O8. The van der Waals surface area contributed by atoms with Crippen molar-refractivity contribution in [3.8, 4) is 5.75 Å². The molecule has 4 unspecified atom stereocenters. The minimum atomic E-state index is -1.49. The molecule has 0 aliphatic rings. The van der Waals surface area contributed by atoms with Crippen LogP contribution in [0, 0.1) is 0 Å². The lowest BCUT2D eigenvalue weighted by Gasteiger charge is -2.24. The third kappa shape index (κ3) is 9.70. The van der Waals surface area contributed by atoms with Gasteiger partial charge in [-0.2, -0.15) is 0 Å². The van der Waals surface area contributed by atoms with Gasteiger partial charge in [-0.3, -0.25) is 14.4 Å². The summed E-state index contributed by atoms with van der Waals surface area (Å²) in [6, 6.07) is 0.521. The van der Waals surface area contributed by atoms with Crippen molar-refractivity contribution < 1.29 is 39.6 Å². The molecule has 13 nitrogen and oxygen atoms in total. The van der Waals surface area contributed by atoms with Crippen LogP contribution in [-0.2, 0) is 25.6 Å². The lowest BCUT2D eigenvalue weighted by atomic mass is 10.0. The first-order chi connectivity index (χ1) is 16.1. The molecule has 11 N–H and O–H groups in total. The summed E-state index contributed by atoms with van der Waals surface area (Å²) in [5, 5.41) is 44.4. The van der Waals surface area contributed by atoms with E-state index in [1.807, 2.05) is 0 Å². The number of aliphatic hydroxyl groups excluding tert-OH is 2. The van der Waals surface area contributed by atoms with E-state index in [9.17, 15) is 34.5 Å². The van der Waals surface area contributed by atoms with Crippen molar-refractivity contribution in [2.45, 2.75) is 49.9 Å². The first kappa shape index (κ1) is 28.8. The average molecular weight is 484 g/mol. The monoisotopic (exact) mass is 483 g/mol. The van der Waals surface area contributed by atoms with Crippen LogP contribution in [-0.4, -0.2) is 88.0 Å². The number of unbranched alkanes of at least 4 members (excludes halogenated alkanes) is 1. The molecule has 0 radical (unpaired) electrons. The number of hydrogen-bond acceptors (Lipinski definition) is 9.